The van der Waals surface area contributed by atoms with Crippen molar-refractivity contribution < 1.29 is 23.9 Å². The molecule has 1 saturated heterocycles. The van der Waals surface area contributed by atoms with Gasteiger partial charge in [0.25, 0.3) is 0 Å². The standard InChI is InChI=1S/C17H30N2O5/c1-6-23-15(21)13(19-16(22)24-17(3,4)5)9-7-8-12-11(2)10-14(20)18-12/h11-13H,6-10H2,1-5H3,(H,18,20)(H,19,22). The van der Waals surface area contributed by atoms with E-state index in [1.807, 2.05) is 6.92 Å². The van der Waals surface area contributed by atoms with Gasteiger partial charge in [-0.2, -0.15) is 0 Å². The van der Waals surface area contributed by atoms with Crippen LogP contribution in [-0.4, -0.2) is 42.3 Å². The molecular formula is C17H30N2O5. The number of hydrogen-bond donors (Lipinski definition) is 2. The second-order valence-corrected chi connectivity index (χ2v) is 7.24. The molecule has 138 valence electrons. The Hall–Kier alpha value is -1.79. The largest absolute Gasteiger partial charge is 0.464 e. The highest BCUT2D eigenvalue weighted by atomic mass is 16.6. The van der Waals surface area contributed by atoms with Crippen LogP contribution < -0.4 is 10.6 Å². The van der Waals surface area contributed by atoms with Gasteiger partial charge in [-0.15, -0.1) is 0 Å². The Balaban J connectivity index is 2.51. The number of ether oxygens (including phenoxy) is 2. The molecule has 0 saturated carbocycles. The van der Waals surface area contributed by atoms with Crippen LogP contribution in [0.3, 0.4) is 0 Å². The smallest absolute Gasteiger partial charge is 0.408 e. The molecule has 0 radical (unpaired) electrons. The molecule has 0 spiro atoms. The minimum Gasteiger partial charge on any atom is -0.464 e. The molecule has 2 amide bonds. The molecule has 0 aliphatic carbocycles. The molecule has 7 nitrogen and oxygen atoms in total. The summed E-state index contributed by atoms with van der Waals surface area (Å²) < 4.78 is 10.2. The van der Waals surface area contributed by atoms with Crippen molar-refractivity contribution in [3.63, 3.8) is 0 Å². The lowest BCUT2D eigenvalue weighted by Gasteiger charge is -2.23. The zero-order valence-electron chi connectivity index (χ0n) is 15.3. The zero-order valence-corrected chi connectivity index (χ0v) is 15.3. The lowest BCUT2D eigenvalue weighted by Crippen LogP contribution is -2.44. The van der Waals surface area contributed by atoms with E-state index in [1.165, 1.54) is 0 Å². The van der Waals surface area contributed by atoms with Crippen molar-refractivity contribution in [3.05, 3.63) is 0 Å². The van der Waals surface area contributed by atoms with Gasteiger partial charge in [0.15, 0.2) is 0 Å². The molecule has 1 heterocycles. The maximum absolute atomic E-state index is 12.0. The van der Waals surface area contributed by atoms with Gasteiger partial charge in [-0.25, -0.2) is 9.59 Å². The number of hydrogen-bond acceptors (Lipinski definition) is 5. The maximum Gasteiger partial charge on any atom is 0.408 e. The van der Waals surface area contributed by atoms with E-state index in [9.17, 15) is 14.4 Å². The van der Waals surface area contributed by atoms with Crippen molar-refractivity contribution in [2.45, 2.75) is 78.0 Å². The van der Waals surface area contributed by atoms with Gasteiger partial charge in [0.2, 0.25) is 5.91 Å². The molecule has 2 N–H and O–H groups in total. The molecule has 0 aromatic heterocycles. The lowest BCUT2D eigenvalue weighted by molar-refractivity contribution is -0.145. The van der Waals surface area contributed by atoms with Crippen LogP contribution in [0.5, 0.6) is 0 Å². The van der Waals surface area contributed by atoms with E-state index in [1.54, 1.807) is 27.7 Å². The van der Waals surface area contributed by atoms with Crippen molar-refractivity contribution in [2.24, 2.45) is 5.92 Å². The summed E-state index contributed by atoms with van der Waals surface area (Å²) in [5, 5.41) is 5.52. The Morgan fingerprint density at radius 2 is 2.04 bits per heavy atom. The molecule has 0 aromatic carbocycles. The van der Waals surface area contributed by atoms with E-state index < -0.39 is 23.7 Å². The third kappa shape index (κ3) is 7.19. The van der Waals surface area contributed by atoms with Gasteiger partial charge in [-0.3, -0.25) is 4.79 Å². The van der Waals surface area contributed by atoms with Crippen molar-refractivity contribution in [1.29, 1.82) is 0 Å². The third-order valence-electron chi connectivity index (χ3n) is 3.81. The number of carbonyl (C=O) groups is 3. The molecule has 3 unspecified atom stereocenters. The van der Waals surface area contributed by atoms with Gasteiger partial charge in [0.05, 0.1) is 6.61 Å². The first kappa shape index (κ1) is 20.3. The van der Waals surface area contributed by atoms with Gasteiger partial charge >= 0.3 is 12.1 Å². The second kappa shape index (κ2) is 8.89. The van der Waals surface area contributed by atoms with Crippen LogP contribution >= 0.6 is 0 Å². The highest BCUT2D eigenvalue weighted by Crippen LogP contribution is 2.20. The highest BCUT2D eigenvalue weighted by molar-refractivity contribution is 5.81. The summed E-state index contributed by atoms with van der Waals surface area (Å²) in [6, 6.07) is -0.617. The minimum atomic E-state index is -0.743. The van der Waals surface area contributed by atoms with E-state index in [4.69, 9.17) is 9.47 Å². The van der Waals surface area contributed by atoms with Gasteiger partial charge in [-0.1, -0.05) is 6.92 Å². The third-order valence-corrected chi connectivity index (χ3v) is 3.81. The Morgan fingerprint density at radius 3 is 2.54 bits per heavy atom. The fourth-order valence-electron chi connectivity index (χ4n) is 2.68. The molecule has 24 heavy (non-hydrogen) atoms. The average Bonchev–Trinajstić information content (AvgIpc) is 2.74. The van der Waals surface area contributed by atoms with E-state index in [-0.39, 0.29) is 24.5 Å². The number of carbonyl (C=O) groups excluding carboxylic acids is 3. The number of esters is 1. The SMILES string of the molecule is CCOC(=O)C(CCCC1NC(=O)CC1C)NC(=O)OC(C)(C)C. The first-order chi connectivity index (χ1) is 11.1. The van der Waals surface area contributed by atoms with Crippen LogP contribution in [0.4, 0.5) is 4.79 Å². The monoisotopic (exact) mass is 342 g/mol. The number of amides is 2. The zero-order chi connectivity index (χ0) is 18.3. The van der Waals surface area contributed by atoms with Crippen LogP contribution in [0.15, 0.2) is 0 Å². The number of alkyl carbamates (subject to hydrolysis) is 1. The molecule has 3 atom stereocenters. The predicted octanol–water partition coefficient (Wildman–Crippen LogP) is 2.14. The van der Waals surface area contributed by atoms with Gasteiger partial charge in [-0.05, 0) is 52.9 Å². The number of nitrogens with one attached hydrogen (secondary N) is 2. The minimum absolute atomic E-state index is 0.0707. The summed E-state index contributed by atoms with van der Waals surface area (Å²) in [6.45, 7) is 9.28. The van der Waals surface area contributed by atoms with Crippen LogP contribution in [0.1, 0.15) is 60.3 Å². The molecular weight excluding hydrogens is 312 g/mol. The summed E-state index contributed by atoms with van der Waals surface area (Å²) in [6.07, 6.45) is 1.80. The Bertz CT molecular complexity index is 458. The second-order valence-electron chi connectivity index (χ2n) is 7.24. The van der Waals surface area contributed by atoms with Crippen LogP contribution in [-0.2, 0) is 19.1 Å². The van der Waals surface area contributed by atoms with E-state index in [0.717, 1.165) is 6.42 Å². The lowest BCUT2D eigenvalue weighted by atomic mass is 9.97. The molecule has 0 aromatic rings. The van der Waals surface area contributed by atoms with Crippen LogP contribution in [0.2, 0.25) is 0 Å². The molecule has 1 rings (SSSR count). The molecule has 7 heteroatoms. The molecule has 1 aliphatic heterocycles. The number of rotatable bonds is 7. The predicted molar refractivity (Wildman–Crippen MR) is 89.4 cm³/mol. The Labute approximate surface area is 143 Å². The average molecular weight is 342 g/mol. The fourth-order valence-corrected chi connectivity index (χ4v) is 2.68. The van der Waals surface area contributed by atoms with Gasteiger partial charge in [0, 0.05) is 12.5 Å². The van der Waals surface area contributed by atoms with Crippen molar-refractivity contribution in [3.8, 4) is 0 Å². The van der Waals surface area contributed by atoms with Gasteiger partial charge in [0.1, 0.15) is 11.6 Å². The van der Waals surface area contributed by atoms with E-state index in [2.05, 4.69) is 10.6 Å². The van der Waals surface area contributed by atoms with Crippen molar-refractivity contribution in [2.75, 3.05) is 6.61 Å². The van der Waals surface area contributed by atoms with Crippen molar-refractivity contribution >= 4 is 18.0 Å². The summed E-state index contributed by atoms with van der Waals surface area (Å²) >= 11 is 0. The van der Waals surface area contributed by atoms with Crippen LogP contribution in [0.25, 0.3) is 0 Å². The Kier molecular flexibility index (Phi) is 7.51. The summed E-state index contributed by atoms with van der Waals surface area (Å²) in [5.41, 5.74) is -0.632. The van der Waals surface area contributed by atoms with E-state index >= 15 is 0 Å². The normalized spacial score (nSPS) is 21.8. The molecule has 1 fully saturated rings. The maximum atomic E-state index is 12.0. The highest BCUT2D eigenvalue weighted by Gasteiger charge is 2.30. The summed E-state index contributed by atoms with van der Waals surface area (Å²) in [4.78, 5) is 35.3. The first-order valence-electron chi connectivity index (χ1n) is 8.58. The molecule has 1 aliphatic rings. The van der Waals surface area contributed by atoms with Gasteiger partial charge < -0.3 is 20.1 Å². The fraction of sp³-hybridized carbons (Fsp3) is 0.824. The topological polar surface area (TPSA) is 93.7 Å². The van der Waals surface area contributed by atoms with E-state index in [0.29, 0.717) is 19.3 Å². The summed E-state index contributed by atoms with van der Waals surface area (Å²) in [5.74, 6) is -0.106. The first-order valence-corrected chi connectivity index (χ1v) is 8.58. The molecule has 0 bridgehead atoms. The Morgan fingerprint density at radius 1 is 1.38 bits per heavy atom. The van der Waals surface area contributed by atoms with Crippen LogP contribution in [0, 0.1) is 5.92 Å². The van der Waals surface area contributed by atoms with Crippen molar-refractivity contribution in [1.82, 2.24) is 10.6 Å². The quantitative estimate of drug-likeness (QED) is 0.691. The summed E-state index contributed by atoms with van der Waals surface area (Å²) in [7, 11) is 0.